The molecule has 0 spiro atoms. The number of hydrogen-bond acceptors (Lipinski definition) is 2. The van der Waals surface area contributed by atoms with E-state index in [-0.39, 0.29) is 0 Å². The molecule has 1 aromatic carbocycles. The molecule has 2 rings (SSSR count). The van der Waals surface area contributed by atoms with Gasteiger partial charge in [-0.1, -0.05) is 24.1 Å². The van der Waals surface area contributed by atoms with Crippen LogP contribution in [0, 0.1) is 12.3 Å². The maximum atomic E-state index is 5.61. The van der Waals surface area contributed by atoms with E-state index in [2.05, 4.69) is 11.2 Å². The molecule has 1 N–H and O–H groups in total. The Kier molecular flexibility index (Phi) is 2.70. The molecule has 0 saturated heterocycles. The summed E-state index contributed by atoms with van der Waals surface area (Å²) in [5, 5.41) is 3.19. The van der Waals surface area contributed by atoms with E-state index in [9.17, 15) is 0 Å². The van der Waals surface area contributed by atoms with E-state index in [0.717, 1.165) is 11.3 Å². The van der Waals surface area contributed by atoms with Crippen molar-refractivity contribution in [2.24, 2.45) is 0 Å². The van der Waals surface area contributed by atoms with Crippen molar-refractivity contribution in [3.63, 3.8) is 0 Å². The summed E-state index contributed by atoms with van der Waals surface area (Å²) in [6.45, 7) is 0. The van der Waals surface area contributed by atoms with Crippen LogP contribution in [0.4, 0.5) is 0 Å². The molecule has 1 aromatic rings. The molecule has 80 valence electrons. The number of benzene rings is 1. The predicted octanol–water partition coefficient (Wildman–Crippen LogP) is 2.20. The molecular formula is C14H13NO. The van der Waals surface area contributed by atoms with Gasteiger partial charge in [-0.3, -0.25) is 0 Å². The minimum Gasteiger partial charge on any atom is -0.497 e. The van der Waals surface area contributed by atoms with Crippen LogP contribution in [0.3, 0.4) is 0 Å². The summed E-state index contributed by atoms with van der Waals surface area (Å²) in [7, 11) is 1.65. The van der Waals surface area contributed by atoms with Gasteiger partial charge in [0.2, 0.25) is 0 Å². The van der Waals surface area contributed by atoms with Crippen molar-refractivity contribution in [2.45, 2.75) is 5.54 Å². The first-order chi connectivity index (χ1) is 7.80. The first kappa shape index (κ1) is 10.4. The van der Waals surface area contributed by atoms with Gasteiger partial charge < -0.3 is 10.1 Å². The van der Waals surface area contributed by atoms with E-state index in [1.807, 2.05) is 48.7 Å². The average Bonchev–Trinajstić information content (AvgIpc) is 2.39. The minimum atomic E-state index is -0.541. The number of rotatable bonds is 2. The third-order valence-corrected chi connectivity index (χ3v) is 2.64. The normalized spacial score (nSPS) is 22.2. The predicted molar refractivity (Wildman–Crippen MR) is 64.9 cm³/mol. The van der Waals surface area contributed by atoms with Crippen molar-refractivity contribution in [2.75, 3.05) is 7.11 Å². The van der Waals surface area contributed by atoms with Gasteiger partial charge in [0.15, 0.2) is 0 Å². The van der Waals surface area contributed by atoms with Gasteiger partial charge in [0, 0.05) is 0 Å². The number of ether oxygens (including phenoxy) is 1. The first-order valence-corrected chi connectivity index (χ1v) is 5.05. The van der Waals surface area contributed by atoms with Crippen LogP contribution in [0.5, 0.6) is 5.75 Å². The molecule has 0 saturated carbocycles. The largest absolute Gasteiger partial charge is 0.497 e. The van der Waals surface area contributed by atoms with E-state index in [1.54, 1.807) is 7.11 Å². The lowest BCUT2D eigenvalue weighted by atomic mass is 9.89. The minimum absolute atomic E-state index is 0.541. The Balaban J connectivity index is 2.38. The number of methoxy groups -OCH3 is 1. The summed E-state index contributed by atoms with van der Waals surface area (Å²) in [6.07, 6.45) is 13.3. The molecule has 0 fully saturated rings. The highest BCUT2D eigenvalue weighted by Crippen LogP contribution is 2.26. The molecule has 0 bridgehead atoms. The van der Waals surface area contributed by atoms with E-state index in [4.69, 9.17) is 11.2 Å². The summed E-state index contributed by atoms with van der Waals surface area (Å²) in [4.78, 5) is 0. The smallest absolute Gasteiger partial charge is 0.143 e. The van der Waals surface area contributed by atoms with Crippen molar-refractivity contribution in [1.29, 1.82) is 0 Å². The fourth-order valence-electron chi connectivity index (χ4n) is 1.69. The molecule has 0 amide bonds. The van der Waals surface area contributed by atoms with Gasteiger partial charge in [-0.05, 0) is 36.0 Å². The number of hydrogen-bond donors (Lipinski definition) is 1. The number of dihydropyridines is 1. The van der Waals surface area contributed by atoms with Crippen molar-refractivity contribution in [1.82, 2.24) is 5.32 Å². The fraction of sp³-hybridized carbons (Fsp3) is 0.143. The number of terminal acetylenes is 1. The van der Waals surface area contributed by atoms with E-state index in [1.165, 1.54) is 0 Å². The van der Waals surface area contributed by atoms with Gasteiger partial charge in [-0.15, -0.1) is 6.42 Å². The molecule has 0 aromatic heterocycles. The Labute approximate surface area is 95.6 Å². The van der Waals surface area contributed by atoms with Gasteiger partial charge in [-0.2, -0.15) is 0 Å². The summed E-state index contributed by atoms with van der Waals surface area (Å²) >= 11 is 0. The average molecular weight is 211 g/mol. The fourth-order valence-corrected chi connectivity index (χ4v) is 1.69. The lowest BCUT2D eigenvalue weighted by molar-refractivity contribution is 0.414. The highest BCUT2D eigenvalue weighted by Gasteiger charge is 2.26. The topological polar surface area (TPSA) is 21.3 Å². The Morgan fingerprint density at radius 3 is 2.50 bits per heavy atom. The Morgan fingerprint density at radius 2 is 2.00 bits per heavy atom. The standard InChI is InChI=1S/C14H13NO/c1-3-14(10-4-5-11-15-14)12-6-8-13(16-2)9-7-12/h1,4-11,15H,2H3. The SMILES string of the molecule is C#CC1(c2ccc(OC)cc2)C=CC=CN1. The lowest BCUT2D eigenvalue weighted by Crippen LogP contribution is -2.36. The van der Waals surface area contributed by atoms with Crippen LogP contribution in [0.1, 0.15) is 5.56 Å². The first-order valence-electron chi connectivity index (χ1n) is 5.05. The third kappa shape index (κ3) is 1.68. The van der Waals surface area contributed by atoms with Crippen LogP contribution in [0.15, 0.2) is 48.7 Å². The van der Waals surface area contributed by atoms with Crippen LogP contribution in [-0.2, 0) is 5.54 Å². The monoisotopic (exact) mass is 211 g/mol. The van der Waals surface area contributed by atoms with Crippen LogP contribution >= 0.6 is 0 Å². The Morgan fingerprint density at radius 1 is 1.25 bits per heavy atom. The molecule has 1 aliphatic rings. The maximum absolute atomic E-state index is 5.61. The molecule has 16 heavy (non-hydrogen) atoms. The van der Waals surface area contributed by atoms with Crippen LogP contribution in [-0.4, -0.2) is 7.11 Å². The van der Waals surface area contributed by atoms with Crippen molar-refractivity contribution in [3.05, 3.63) is 54.3 Å². The Bertz CT molecular complexity index is 465. The number of allylic oxidation sites excluding steroid dienone is 2. The maximum Gasteiger partial charge on any atom is 0.143 e. The van der Waals surface area contributed by atoms with Gasteiger partial charge in [0.25, 0.3) is 0 Å². The third-order valence-electron chi connectivity index (χ3n) is 2.64. The second kappa shape index (κ2) is 4.16. The second-order valence-corrected chi connectivity index (χ2v) is 3.54. The van der Waals surface area contributed by atoms with Crippen molar-refractivity contribution in [3.8, 4) is 18.1 Å². The van der Waals surface area contributed by atoms with Gasteiger partial charge in [-0.25, -0.2) is 0 Å². The van der Waals surface area contributed by atoms with Gasteiger partial charge in [0.05, 0.1) is 7.11 Å². The molecular weight excluding hydrogens is 198 g/mol. The van der Waals surface area contributed by atoms with Crippen LogP contribution in [0.25, 0.3) is 0 Å². The molecule has 1 aliphatic heterocycles. The molecule has 0 radical (unpaired) electrons. The quantitative estimate of drug-likeness (QED) is 0.757. The summed E-state index contributed by atoms with van der Waals surface area (Å²) in [5.74, 6) is 3.61. The molecule has 1 unspecified atom stereocenters. The van der Waals surface area contributed by atoms with Crippen LogP contribution < -0.4 is 10.1 Å². The van der Waals surface area contributed by atoms with Crippen LogP contribution in [0.2, 0.25) is 0 Å². The van der Waals surface area contributed by atoms with E-state index in [0.29, 0.717) is 0 Å². The molecule has 1 atom stereocenters. The second-order valence-electron chi connectivity index (χ2n) is 3.54. The van der Waals surface area contributed by atoms with E-state index >= 15 is 0 Å². The van der Waals surface area contributed by atoms with Gasteiger partial charge >= 0.3 is 0 Å². The lowest BCUT2D eigenvalue weighted by Gasteiger charge is -2.28. The molecule has 2 heteroatoms. The van der Waals surface area contributed by atoms with Crippen molar-refractivity contribution >= 4 is 0 Å². The Hall–Kier alpha value is -2.14. The molecule has 2 nitrogen and oxygen atoms in total. The summed E-state index contributed by atoms with van der Waals surface area (Å²) in [6, 6.07) is 7.74. The van der Waals surface area contributed by atoms with Crippen molar-refractivity contribution < 1.29 is 4.74 Å². The molecule has 1 heterocycles. The highest BCUT2D eigenvalue weighted by molar-refractivity contribution is 5.44. The van der Waals surface area contributed by atoms with Gasteiger partial charge in [0.1, 0.15) is 11.3 Å². The summed E-state index contributed by atoms with van der Waals surface area (Å²) < 4.78 is 5.12. The highest BCUT2D eigenvalue weighted by atomic mass is 16.5. The zero-order chi connectivity index (χ0) is 11.4. The number of nitrogens with one attached hydrogen (secondary N) is 1. The zero-order valence-corrected chi connectivity index (χ0v) is 9.10. The summed E-state index contributed by atoms with van der Waals surface area (Å²) in [5.41, 5.74) is 0.484. The molecule has 0 aliphatic carbocycles. The zero-order valence-electron chi connectivity index (χ0n) is 9.10. The van der Waals surface area contributed by atoms with E-state index < -0.39 is 5.54 Å².